The second kappa shape index (κ2) is 16.1. The largest absolute Gasteiger partial charge is 0.312 e. The molecule has 0 heterocycles. The van der Waals surface area contributed by atoms with E-state index in [-0.39, 0.29) is 0 Å². The molecule has 2 aromatic carbocycles. The molecule has 0 radical (unpaired) electrons. The summed E-state index contributed by atoms with van der Waals surface area (Å²) in [6.45, 7) is 8.87. The highest BCUT2D eigenvalue weighted by Crippen LogP contribution is 2.28. The highest BCUT2D eigenvalue weighted by Gasteiger charge is 2.21. The van der Waals surface area contributed by atoms with Gasteiger partial charge in [-0.15, -0.1) is 0 Å². The van der Waals surface area contributed by atoms with E-state index in [0.29, 0.717) is 0 Å². The van der Waals surface area contributed by atoms with E-state index in [0.717, 1.165) is 38.0 Å². The average Bonchev–Trinajstić information content (AvgIpc) is 2.87. The second-order valence-corrected chi connectivity index (χ2v) is 10.7. The minimum Gasteiger partial charge on any atom is -0.312 e. The zero-order valence-electron chi connectivity index (χ0n) is 22.1. The molecule has 2 atom stereocenters. The quantitative estimate of drug-likeness (QED) is 0.248. The highest BCUT2D eigenvalue weighted by atomic mass is 14.9. The molecule has 2 unspecified atom stereocenters. The number of hydrogen-bond donors (Lipinski definition) is 2. The molecule has 3 rings (SSSR count). The number of benzene rings is 2. The van der Waals surface area contributed by atoms with Crippen LogP contribution in [-0.4, -0.2) is 13.1 Å². The van der Waals surface area contributed by atoms with Gasteiger partial charge in [-0.1, -0.05) is 94.5 Å². The van der Waals surface area contributed by atoms with E-state index in [9.17, 15) is 0 Å². The molecule has 2 aromatic rings. The maximum absolute atomic E-state index is 3.75. The first-order chi connectivity index (χ1) is 16.8. The van der Waals surface area contributed by atoms with Crippen molar-refractivity contribution >= 4 is 0 Å². The molecular weight excluding hydrogens is 412 g/mol. The summed E-state index contributed by atoms with van der Waals surface area (Å²) in [4.78, 5) is 0. The monoisotopic (exact) mass is 462 g/mol. The van der Waals surface area contributed by atoms with Crippen molar-refractivity contribution in [2.24, 2.45) is 11.8 Å². The smallest absolute Gasteiger partial charge is 0.0205 e. The lowest BCUT2D eigenvalue weighted by Crippen LogP contribution is -2.31. The van der Waals surface area contributed by atoms with Crippen LogP contribution in [0.3, 0.4) is 0 Å². The molecule has 1 aliphatic rings. The second-order valence-electron chi connectivity index (χ2n) is 10.7. The first-order valence-corrected chi connectivity index (χ1v) is 14.3. The Morgan fingerprint density at radius 2 is 1.00 bits per heavy atom. The van der Waals surface area contributed by atoms with Gasteiger partial charge >= 0.3 is 0 Å². The molecule has 0 amide bonds. The molecule has 2 heteroatoms. The van der Waals surface area contributed by atoms with Crippen molar-refractivity contribution in [3.05, 3.63) is 70.8 Å². The molecule has 0 aromatic heterocycles. The fourth-order valence-electron chi connectivity index (χ4n) is 5.42. The van der Waals surface area contributed by atoms with Crippen LogP contribution < -0.4 is 10.6 Å². The Kier molecular flexibility index (Phi) is 12.8. The molecule has 34 heavy (non-hydrogen) atoms. The standard InChI is InChI=1S/C32H50N2/c1-3-5-7-10-27-14-18-29(19-15-27)23-33-25-31-12-9-13-32(22-31)26-34-24-30-20-16-28(17-21-30)11-8-6-4-2/h14-21,31-34H,3-13,22-26H2,1-2H3. The third-order valence-electron chi connectivity index (χ3n) is 7.60. The minimum absolute atomic E-state index is 0.830. The Hall–Kier alpha value is -1.64. The van der Waals surface area contributed by atoms with Crippen LogP contribution >= 0.6 is 0 Å². The summed E-state index contributed by atoms with van der Waals surface area (Å²) in [6, 6.07) is 18.6. The van der Waals surface area contributed by atoms with Gasteiger partial charge in [-0.25, -0.2) is 0 Å². The normalized spacial score (nSPS) is 18.3. The topological polar surface area (TPSA) is 24.1 Å². The maximum Gasteiger partial charge on any atom is 0.0205 e. The van der Waals surface area contributed by atoms with Crippen LogP contribution in [0.15, 0.2) is 48.5 Å². The van der Waals surface area contributed by atoms with Gasteiger partial charge in [-0.05, 0) is 92.1 Å². The maximum atomic E-state index is 3.75. The van der Waals surface area contributed by atoms with Crippen molar-refractivity contribution in [2.45, 2.75) is 104 Å². The van der Waals surface area contributed by atoms with Gasteiger partial charge in [0, 0.05) is 13.1 Å². The number of nitrogens with one attached hydrogen (secondary N) is 2. The van der Waals surface area contributed by atoms with Gasteiger partial charge in [0.05, 0.1) is 0 Å². The summed E-state index contributed by atoms with van der Waals surface area (Å²) in [5, 5.41) is 7.50. The molecule has 1 aliphatic carbocycles. The SMILES string of the molecule is CCCCCc1ccc(CNCC2CCCC(CNCc3ccc(CCCCC)cc3)C2)cc1. The third kappa shape index (κ3) is 10.3. The van der Waals surface area contributed by atoms with E-state index in [4.69, 9.17) is 0 Å². The molecular formula is C32H50N2. The number of rotatable bonds is 16. The van der Waals surface area contributed by atoms with Crippen molar-refractivity contribution < 1.29 is 0 Å². The van der Waals surface area contributed by atoms with Gasteiger partial charge in [-0.2, -0.15) is 0 Å². The third-order valence-corrected chi connectivity index (χ3v) is 7.60. The lowest BCUT2D eigenvalue weighted by atomic mass is 9.81. The van der Waals surface area contributed by atoms with E-state index in [1.807, 2.05) is 0 Å². The number of unbranched alkanes of at least 4 members (excludes halogenated alkanes) is 4. The Balaban J connectivity index is 1.29. The van der Waals surface area contributed by atoms with Crippen LogP contribution in [0.25, 0.3) is 0 Å². The van der Waals surface area contributed by atoms with Crippen molar-refractivity contribution in [1.82, 2.24) is 10.6 Å². The van der Waals surface area contributed by atoms with Crippen molar-refractivity contribution in [1.29, 1.82) is 0 Å². The Morgan fingerprint density at radius 1 is 0.588 bits per heavy atom. The first-order valence-electron chi connectivity index (χ1n) is 14.3. The fraction of sp³-hybridized carbons (Fsp3) is 0.625. The Morgan fingerprint density at radius 3 is 1.41 bits per heavy atom. The van der Waals surface area contributed by atoms with Crippen LogP contribution in [0.2, 0.25) is 0 Å². The Labute approximate surface area is 210 Å². The van der Waals surface area contributed by atoms with Crippen molar-refractivity contribution in [2.75, 3.05) is 13.1 Å². The van der Waals surface area contributed by atoms with Gasteiger partial charge in [0.15, 0.2) is 0 Å². The lowest BCUT2D eigenvalue weighted by Gasteiger charge is -2.29. The van der Waals surface area contributed by atoms with Gasteiger partial charge in [0.1, 0.15) is 0 Å². The van der Waals surface area contributed by atoms with Crippen LogP contribution in [-0.2, 0) is 25.9 Å². The molecule has 0 bridgehead atoms. The van der Waals surface area contributed by atoms with Crippen LogP contribution in [0.4, 0.5) is 0 Å². The number of hydrogen-bond acceptors (Lipinski definition) is 2. The first kappa shape index (κ1) is 27.0. The molecule has 188 valence electrons. The molecule has 0 aliphatic heterocycles. The van der Waals surface area contributed by atoms with Gasteiger partial charge in [0.2, 0.25) is 0 Å². The van der Waals surface area contributed by atoms with Gasteiger partial charge in [0.25, 0.3) is 0 Å². The average molecular weight is 463 g/mol. The van der Waals surface area contributed by atoms with Crippen LogP contribution in [0, 0.1) is 11.8 Å². The summed E-state index contributed by atoms with van der Waals surface area (Å²) < 4.78 is 0. The molecule has 2 nitrogen and oxygen atoms in total. The van der Waals surface area contributed by atoms with Crippen LogP contribution in [0.1, 0.15) is 100 Å². The summed E-state index contributed by atoms with van der Waals surface area (Å²) in [7, 11) is 0. The molecule has 0 spiro atoms. The van der Waals surface area contributed by atoms with E-state index >= 15 is 0 Å². The molecule has 0 saturated heterocycles. The van der Waals surface area contributed by atoms with Gasteiger partial charge in [-0.3, -0.25) is 0 Å². The summed E-state index contributed by atoms with van der Waals surface area (Å²) in [6.07, 6.45) is 15.9. The lowest BCUT2D eigenvalue weighted by molar-refractivity contribution is 0.252. The molecule has 2 N–H and O–H groups in total. The number of aryl methyl sites for hydroxylation is 2. The minimum atomic E-state index is 0.830. The predicted octanol–water partition coefficient (Wildman–Crippen LogP) is 7.84. The molecule has 1 fully saturated rings. The van der Waals surface area contributed by atoms with E-state index < -0.39 is 0 Å². The predicted molar refractivity (Wildman–Crippen MR) is 148 cm³/mol. The van der Waals surface area contributed by atoms with Crippen molar-refractivity contribution in [3.63, 3.8) is 0 Å². The van der Waals surface area contributed by atoms with E-state index in [2.05, 4.69) is 73.0 Å². The summed E-state index contributed by atoms with van der Waals surface area (Å²) in [5.74, 6) is 1.66. The zero-order chi connectivity index (χ0) is 23.8. The summed E-state index contributed by atoms with van der Waals surface area (Å²) in [5.41, 5.74) is 5.82. The highest BCUT2D eigenvalue weighted by molar-refractivity contribution is 5.23. The van der Waals surface area contributed by atoms with E-state index in [1.54, 1.807) is 0 Å². The Bertz CT molecular complexity index is 699. The fourth-order valence-corrected chi connectivity index (χ4v) is 5.42. The van der Waals surface area contributed by atoms with Crippen LogP contribution in [0.5, 0.6) is 0 Å². The molecule has 1 saturated carbocycles. The van der Waals surface area contributed by atoms with Gasteiger partial charge < -0.3 is 10.6 Å². The summed E-state index contributed by atoms with van der Waals surface area (Å²) >= 11 is 0. The van der Waals surface area contributed by atoms with E-state index in [1.165, 1.54) is 99.3 Å². The van der Waals surface area contributed by atoms with Crippen molar-refractivity contribution in [3.8, 4) is 0 Å². The zero-order valence-corrected chi connectivity index (χ0v) is 22.1.